The Kier molecular flexibility index (Phi) is 3.36. The monoisotopic (exact) mass is 331 g/mol. The van der Waals surface area contributed by atoms with Gasteiger partial charge < -0.3 is 14.6 Å². The van der Waals surface area contributed by atoms with Crippen molar-refractivity contribution in [2.75, 3.05) is 12.4 Å². The predicted molar refractivity (Wildman–Crippen MR) is 84.7 cm³/mol. The number of hydrogen-bond acceptors (Lipinski definition) is 3. The Bertz CT molecular complexity index is 767. The molecule has 0 unspecified atom stereocenters. The maximum Gasteiger partial charge on any atom is 0.208 e. The minimum Gasteiger partial charge on any atom is -0.496 e. The fourth-order valence-corrected chi connectivity index (χ4v) is 2.67. The highest BCUT2D eigenvalue weighted by atomic mass is 79.9. The molecule has 3 rings (SSSR count). The van der Waals surface area contributed by atoms with E-state index in [2.05, 4.69) is 32.3 Å². The van der Waals surface area contributed by atoms with Crippen LogP contribution in [-0.4, -0.2) is 16.7 Å². The van der Waals surface area contributed by atoms with Crippen LogP contribution in [0, 0.1) is 0 Å². The van der Waals surface area contributed by atoms with E-state index in [4.69, 9.17) is 4.74 Å². The first kappa shape index (κ1) is 13.0. The zero-order chi connectivity index (χ0) is 14.1. The molecule has 0 saturated carbocycles. The number of hydrogen-bond donors (Lipinski definition) is 1. The van der Waals surface area contributed by atoms with Crippen LogP contribution in [0.4, 0.5) is 11.6 Å². The van der Waals surface area contributed by atoms with Crippen LogP contribution in [0.1, 0.15) is 0 Å². The van der Waals surface area contributed by atoms with Gasteiger partial charge in [0.15, 0.2) is 0 Å². The van der Waals surface area contributed by atoms with Crippen molar-refractivity contribution in [1.82, 2.24) is 9.55 Å². The summed E-state index contributed by atoms with van der Waals surface area (Å²) >= 11 is 3.48. The van der Waals surface area contributed by atoms with Crippen LogP contribution in [0.15, 0.2) is 46.9 Å². The van der Waals surface area contributed by atoms with Gasteiger partial charge in [0.1, 0.15) is 5.75 Å². The Morgan fingerprint density at radius 2 is 2.00 bits per heavy atom. The van der Waals surface area contributed by atoms with Crippen molar-refractivity contribution in [2.24, 2.45) is 7.05 Å². The van der Waals surface area contributed by atoms with Gasteiger partial charge in [-0.1, -0.05) is 12.1 Å². The lowest BCUT2D eigenvalue weighted by Crippen LogP contribution is -1.99. The van der Waals surface area contributed by atoms with E-state index in [-0.39, 0.29) is 0 Å². The van der Waals surface area contributed by atoms with Crippen molar-refractivity contribution in [3.63, 3.8) is 0 Å². The number of nitrogens with zero attached hydrogens (tertiary/aromatic N) is 2. The fraction of sp³-hybridized carbons (Fsp3) is 0.133. The summed E-state index contributed by atoms with van der Waals surface area (Å²) in [7, 11) is 3.65. The summed E-state index contributed by atoms with van der Waals surface area (Å²) < 4.78 is 8.17. The molecule has 0 spiro atoms. The van der Waals surface area contributed by atoms with Crippen LogP contribution >= 0.6 is 15.9 Å². The first-order chi connectivity index (χ1) is 9.69. The zero-order valence-corrected chi connectivity index (χ0v) is 12.8. The van der Waals surface area contributed by atoms with Gasteiger partial charge in [-0.2, -0.15) is 0 Å². The van der Waals surface area contributed by atoms with E-state index in [0.717, 1.165) is 32.9 Å². The summed E-state index contributed by atoms with van der Waals surface area (Å²) in [4.78, 5) is 4.59. The molecule has 0 fully saturated rings. The van der Waals surface area contributed by atoms with Gasteiger partial charge in [0.05, 0.1) is 22.6 Å². The lowest BCUT2D eigenvalue weighted by Gasteiger charge is -2.08. The van der Waals surface area contributed by atoms with E-state index < -0.39 is 0 Å². The molecule has 0 aliphatic heterocycles. The molecule has 0 radical (unpaired) electrons. The van der Waals surface area contributed by atoms with E-state index in [0.29, 0.717) is 0 Å². The van der Waals surface area contributed by atoms with Crippen molar-refractivity contribution >= 4 is 38.6 Å². The summed E-state index contributed by atoms with van der Waals surface area (Å²) in [6.45, 7) is 0. The van der Waals surface area contributed by atoms with E-state index in [1.54, 1.807) is 7.11 Å². The Labute approximate surface area is 125 Å². The van der Waals surface area contributed by atoms with Crippen molar-refractivity contribution in [3.8, 4) is 5.75 Å². The maximum atomic E-state index is 5.23. The molecule has 102 valence electrons. The Morgan fingerprint density at radius 3 is 2.70 bits per heavy atom. The zero-order valence-electron chi connectivity index (χ0n) is 11.2. The van der Waals surface area contributed by atoms with Gasteiger partial charge in [-0.15, -0.1) is 0 Å². The molecule has 1 heterocycles. The number of aromatic nitrogens is 2. The summed E-state index contributed by atoms with van der Waals surface area (Å²) in [5.74, 6) is 1.61. The number of methoxy groups -OCH3 is 1. The average Bonchev–Trinajstić information content (AvgIpc) is 2.76. The number of anilines is 2. The number of imidazole rings is 1. The van der Waals surface area contributed by atoms with Gasteiger partial charge >= 0.3 is 0 Å². The van der Waals surface area contributed by atoms with Gasteiger partial charge in [-0.3, -0.25) is 0 Å². The van der Waals surface area contributed by atoms with Gasteiger partial charge in [0, 0.05) is 12.7 Å². The summed E-state index contributed by atoms with van der Waals surface area (Å²) in [5, 5.41) is 3.32. The fourth-order valence-electron chi connectivity index (χ4n) is 2.13. The lowest BCUT2D eigenvalue weighted by molar-refractivity contribution is 0.412. The second-order valence-electron chi connectivity index (χ2n) is 4.46. The molecule has 0 bridgehead atoms. The second-order valence-corrected chi connectivity index (χ2v) is 5.31. The first-order valence-electron chi connectivity index (χ1n) is 6.21. The number of halogens is 1. The number of aryl methyl sites for hydroxylation is 1. The van der Waals surface area contributed by atoms with Crippen LogP contribution in [-0.2, 0) is 7.05 Å². The summed E-state index contributed by atoms with van der Waals surface area (Å²) in [5.41, 5.74) is 3.03. The number of para-hydroxylation sites is 2. The highest BCUT2D eigenvalue weighted by molar-refractivity contribution is 9.10. The number of benzene rings is 2. The van der Waals surface area contributed by atoms with Crippen LogP contribution in [0.5, 0.6) is 5.75 Å². The molecular weight excluding hydrogens is 318 g/mol. The molecule has 0 saturated heterocycles. The molecule has 0 amide bonds. The Balaban J connectivity index is 1.97. The minimum atomic E-state index is 0.806. The molecular formula is C15H14BrN3O. The van der Waals surface area contributed by atoms with Crippen molar-refractivity contribution < 1.29 is 4.74 Å². The Morgan fingerprint density at radius 1 is 1.20 bits per heavy atom. The normalized spacial score (nSPS) is 10.8. The molecule has 0 aliphatic carbocycles. The summed E-state index contributed by atoms with van der Waals surface area (Å²) in [6.07, 6.45) is 0. The minimum absolute atomic E-state index is 0.806. The van der Waals surface area contributed by atoms with E-state index in [1.807, 2.05) is 48.0 Å². The van der Waals surface area contributed by atoms with Crippen LogP contribution < -0.4 is 10.1 Å². The SMILES string of the molecule is COc1ccc(Nc2nc3ccccc3n2C)cc1Br. The smallest absolute Gasteiger partial charge is 0.208 e. The number of rotatable bonds is 3. The highest BCUT2D eigenvalue weighted by Gasteiger charge is 2.08. The number of nitrogens with one attached hydrogen (secondary N) is 1. The standard InChI is InChI=1S/C15H14BrN3O/c1-19-13-6-4-3-5-12(13)18-15(19)17-10-7-8-14(20-2)11(16)9-10/h3-9H,1-2H3,(H,17,18). The lowest BCUT2D eigenvalue weighted by atomic mass is 10.3. The molecule has 0 aliphatic rings. The van der Waals surface area contributed by atoms with Gasteiger partial charge in [-0.25, -0.2) is 4.98 Å². The van der Waals surface area contributed by atoms with E-state index in [9.17, 15) is 0 Å². The van der Waals surface area contributed by atoms with Crippen LogP contribution in [0.2, 0.25) is 0 Å². The summed E-state index contributed by atoms with van der Waals surface area (Å²) in [6, 6.07) is 13.9. The van der Waals surface area contributed by atoms with E-state index in [1.165, 1.54) is 0 Å². The topological polar surface area (TPSA) is 39.1 Å². The third-order valence-electron chi connectivity index (χ3n) is 3.20. The maximum absolute atomic E-state index is 5.23. The quantitative estimate of drug-likeness (QED) is 0.785. The molecule has 1 aromatic heterocycles. The van der Waals surface area contributed by atoms with Crippen molar-refractivity contribution in [2.45, 2.75) is 0 Å². The van der Waals surface area contributed by atoms with Crippen LogP contribution in [0.25, 0.3) is 11.0 Å². The van der Waals surface area contributed by atoms with Crippen molar-refractivity contribution in [1.29, 1.82) is 0 Å². The molecule has 5 heteroatoms. The van der Waals surface area contributed by atoms with E-state index >= 15 is 0 Å². The predicted octanol–water partition coefficient (Wildman–Crippen LogP) is 4.09. The van der Waals surface area contributed by atoms with Gasteiger partial charge in [0.25, 0.3) is 0 Å². The highest BCUT2D eigenvalue weighted by Crippen LogP contribution is 2.29. The molecule has 4 nitrogen and oxygen atoms in total. The first-order valence-corrected chi connectivity index (χ1v) is 7.00. The average molecular weight is 332 g/mol. The third-order valence-corrected chi connectivity index (χ3v) is 3.81. The molecule has 1 N–H and O–H groups in total. The second kappa shape index (κ2) is 5.17. The number of fused-ring (bicyclic) bond motifs is 1. The van der Waals surface area contributed by atoms with Crippen LogP contribution in [0.3, 0.4) is 0 Å². The Hall–Kier alpha value is -2.01. The largest absolute Gasteiger partial charge is 0.496 e. The number of ether oxygens (including phenoxy) is 1. The molecule has 0 atom stereocenters. The molecule has 3 aromatic rings. The molecule has 2 aromatic carbocycles. The molecule has 20 heavy (non-hydrogen) atoms. The van der Waals surface area contributed by atoms with Crippen molar-refractivity contribution in [3.05, 3.63) is 46.9 Å². The third kappa shape index (κ3) is 2.25. The van der Waals surface area contributed by atoms with Gasteiger partial charge in [-0.05, 0) is 46.3 Å². The van der Waals surface area contributed by atoms with Gasteiger partial charge in [0.2, 0.25) is 5.95 Å².